The van der Waals surface area contributed by atoms with Crippen molar-refractivity contribution in [2.24, 2.45) is 0 Å². The van der Waals surface area contributed by atoms with Crippen LogP contribution in [-0.4, -0.2) is 71.6 Å². The molecule has 1 unspecified atom stereocenters. The third kappa shape index (κ3) is 6.09. The fraction of sp³-hybridized carbons (Fsp3) is 0.742. The van der Waals surface area contributed by atoms with Crippen LogP contribution >= 0.6 is 0 Å². The van der Waals surface area contributed by atoms with Crippen molar-refractivity contribution in [3.63, 3.8) is 0 Å². The number of nitrogens with one attached hydrogen (secondary N) is 2. The number of amides is 2. The van der Waals surface area contributed by atoms with Crippen LogP contribution in [0.2, 0.25) is 0 Å². The molecule has 2 heterocycles. The van der Waals surface area contributed by atoms with Gasteiger partial charge in [0, 0.05) is 55.3 Å². The van der Waals surface area contributed by atoms with Gasteiger partial charge in [0.2, 0.25) is 11.8 Å². The molecule has 1 aromatic rings. The Hall–Kier alpha value is -2.36. The maximum absolute atomic E-state index is 15.5. The van der Waals surface area contributed by atoms with Crippen LogP contribution in [0, 0.1) is 12.7 Å². The molecule has 5 rings (SSSR count). The standard InChI is InChI=1S/C31H44F4N4O2/c1-20-12-13-24(32)26-27(20)37-28(30(26)14-7-5-3-4-6-8-15-30)29(41)36-22-10-9-11-23(18-22)38-16-17-39(21(2)40)25(19-38)31(33,34)35/h12-13,22-23,25,28,37H,3-11,14-19H2,1-2H3,(H,36,41)/t22-,23-,25-,28?/m1/s1. The number of carbonyl (C=O) groups is 2. The number of rotatable bonds is 3. The van der Waals surface area contributed by atoms with Crippen LogP contribution in [0.25, 0.3) is 0 Å². The summed E-state index contributed by atoms with van der Waals surface area (Å²) < 4.78 is 57.0. The Bertz CT molecular complexity index is 1120. The third-order valence-corrected chi connectivity index (χ3v) is 10.2. The van der Waals surface area contributed by atoms with Crippen molar-refractivity contribution in [3.8, 4) is 0 Å². The number of fused-ring (bicyclic) bond motifs is 2. The molecule has 6 nitrogen and oxygen atoms in total. The van der Waals surface area contributed by atoms with E-state index >= 15 is 4.39 Å². The molecule has 228 valence electrons. The Balaban J connectivity index is 1.32. The number of hydrogen-bond acceptors (Lipinski definition) is 4. The van der Waals surface area contributed by atoms with Crippen LogP contribution in [0.1, 0.15) is 95.1 Å². The van der Waals surface area contributed by atoms with Crippen molar-refractivity contribution in [1.29, 1.82) is 0 Å². The van der Waals surface area contributed by atoms with Gasteiger partial charge in [-0.1, -0.05) is 44.6 Å². The molecule has 4 atom stereocenters. The second-order valence-electron chi connectivity index (χ2n) is 12.8. The molecule has 2 saturated carbocycles. The average molecular weight is 581 g/mol. The second kappa shape index (κ2) is 12.1. The summed E-state index contributed by atoms with van der Waals surface area (Å²) in [7, 11) is 0. The first-order chi connectivity index (χ1) is 19.5. The fourth-order valence-corrected chi connectivity index (χ4v) is 8.05. The van der Waals surface area contributed by atoms with Crippen molar-refractivity contribution in [2.75, 3.05) is 25.0 Å². The molecule has 41 heavy (non-hydrogen) atoms. The molecular weight excluding hydrogens is 536 g/mol. The van der Waals surface area contributed by atoms with Gasteiger partial charge < -0.3 is 15.5 Å². The number of aryl methyl sites for hydroxylation is 1. The van der Waals surface area contributed by atoms with Gasteiger partial charge in [0.25, 0.3) is 0 Å². The molecule has 1 aromatic carbocycles. The van der Waals surface area contributed by atoms with Crippen LogP contribution in [0.15, 0.2) is 12.1 Å². The normalized spacial score (nSPS) is 29.2. The summed E-state index contributed by atoms with van der Waals surface area (Å²) in [5, 5.41) is 6.71. The lowest BCUT2D eigenvalue weighted by Crippen LogP contribution is -2.63. The highest BCUT2D eigenvalue weighted by atomic mass is 19.4. The van der Waals surface area contributed by atoms with Gasteiger partial charge in [0.05, 0.1) is 0 Å². The number of benzene rings is 1. The van der Waals surface area contributed by atoms with Crippen LogP contribution in [-0.2, 0) is 15.0 Å². The number of anilines is 1. The van der Waals surface area contributed by atoms with Crippen molar-refractivity contribution in [3.05, 3.63) is 29.1 Å². The van der Waals surface area contributed by atoms with Crippen molar-refractivity contribution < 1.29 is 27.2 Å². The van der Waals surface area contributed by atoms with Crippen LogP contribution < -0.4 is 10.6 Å². The van der Waals surface area contributed by atoms with Gasteiger partial charge in [-0.05, 0) is 57.1 Å². The van der Waals surface area contributed by atoms with E-state index < -0.39 is 29.6 Å². The average Bonchev–Trinajstić information content (AvgIpc) is 3.33. The molecule has 0 aromatic heterocycles. The van der Waals surface area contributed by atoms with Crippen LogP contribution in [0.5, 0.6) is 0 Å². The summed E-state index contributed by atoms with van der Waals surface area (Å²) >= 11 is 0. The quantitative estimate of drug-likeness (QED) is 0.442. The van der Waals surface area contributed by atoms with Gasteiger partial charge in [-0.2, -0.15) is 13.2 Å². The first kappa shape index (κ1) is 30.1. The fourth-order valence-electron chi connectivity index (χ4n) is 8.05. The van der Waals surface area contributed by atoms with E-state index in [4.69, 9.17) is 0 Å². The maximum Gasteiger partial charge on any atom is 0.410 e. The second-order valence-corrected chi connectivity index (χ2v) is 12.8. The predicted molar refractivity (Wildman–Crippen MR) is 150 cm³/mol. The highest BCUT2D eigenvalue weighted by Gasteiger charge is 2.52. The molecule has 2 aliphatic heterocycles. The lowest BCUT2D eigenvalue weighted by atomic mass is 9.69. The Morgan fingerprint density at radius 3 is 2.34 bits per heavy atom. The third-order valence-electron chi connectivity index (χ3n) is 10.2. The van der Waals surface area contributed by atoms with Crippen LogP contribution in [0.4, 0.5) is 23.2 Å². The summed E-state index contributed by atoms with van der Waals surface area (Å²) in [6, 6.07) is 0.625. The summed E-state index contributed by atoms with van der Waals surface area (Å²) in [4.78, 5) is 28.7. The Labute approximate surface area is 240 Å². The molecule has 2 N–H and O–H groups in total. The van der Waals surface area contributed by atoms with E-state index in [1.54, 1.807) is 6.07 Å². The van der Waals surface area contributed by atoms with E-state index in [9.17, 15) is 22.8 Å². The summed E-state index contributed by atoms with van der Waals surface area (Å²) in [5.41, 5.74) is 1.71. The molecule has 2 aliphatic carbocycles. The number of nitrogens with zero attached hydrogens (tertiary/aromatic N) is 2. The molecule has 3 fully saturated rings. The molecule has 2 amide bonds. The first-order valence-corrected chi connectivity index (χ1v) is 15.5. The van der Waals surface area contributed by atoms with Gasteiger partial charge in [-0.3, -0.25) is 14.5 Å². The zero-order valence-corrected chi connectivity index (χ0v) is 24.3. The number of hydrogen-bond donors (Lipinski definition) is 2. The highest BCUT2D eigenvalue weighted by Crippen LogP contribution is 2.51. The van der Waals surface area contributed by atoms with E-state index in [0.717, 1.165) is 86.8 Å². The van der Waals surface area contributed by atoms with Crippen molar-refractivity contribution >= 4 is 17.5 Å². The lowest BCUT2D eigenvalue weighted by Gasteiger charge is -2.46. The van der Waals surface area contributed by atoms with E-state index in [-0.39, 0.29) is 36.9 Å². The first-order valence-electron chi connectivity index (χ1n) is 15.5. The van der Waals surface area contributed by atoms with Crippen LogP contribution in [0.3, 0.4) is 0 Å². The number of carbonyl (C=O) groups excluding carboxylic acids is 2. The van der Waals surface area contributed by atoms with Gasteiger partial charge >= 0.3 is 6.18 Å². The molecule has 1 spiro atoms. The zero-order chi connectivity index (χ0) is 29.4. The molecule has 0 radical (unpaired) electrons. The molecule has 4 aliphatic rings. The number of halogens is 4. The molecule has 1 saturated heterocycles. The molecular formula is C31H44F4N4O2. The van der Waals surface area contributed by atoms with Crippen molar-refractivity contribution in [1.82, 2.24) is 15.1 Å². The van der Waals surface area contributed by atoms with Gasteiger partial charge in [-0.15, -0.1) is 0 Å². The van der Waals surface area contributed by atoms with Gasteiger partial charge in [-0.25, -0.2) is 4.39 Å². The van der Waals surface area contributed by atoms with E-state index in [1.165, 1.54) is 13.0 Å². The number of piperazine rings is 1. The maximum atomic E-state index is 15.5. The minimum Gasteiger partial charge on any atom is -0.372 e. The Morgan fingerprint density at radius 1 is 1.00 bits per heavy atom. The Morgan fingerprint density at radius 2 is 1.68 bits per heavy atom. The largest absolute Gasteiger partial charge is 0.410 e. The monoisotopic (exact) mass is 580 g/mol. The topological polar surface area (TPSA) is 64.7 Å². The summed E-state index contributed by atoms with van der Waals surface area (Å²) in [6.07, 6.45) is 6.23. The smallest absolute Gasteiger partial charge is 0.372 e. The molecule has 10 heteroatoms. The zero-order valence-electron chi connectivity index (χ0n) is 24.3. The van der Waals surface area contributed by atoms with E-state index in [0.29, 0.717) is 18.5 Å². The van der Waals surface area contributed by atoms with Gasteiger partial charge in [0.1, 0.15) is 17.9 Å². The Kier molecular flexibility index (Phi) is 8.88. The lowest BCUT2D eigenvalue weighted by molar-refractivity contribution is -0.202. The SMILES string of the molecule is CC(=O)N1CCN([C@@H]2CCC[C@@H](NC(=O)C3Nc4c(C)ccc(F)c4C34CCCCCCCC4)C2)C[C@@H]1C(F)(F)F. The minimum atomic E-state index is -4.49. The van der Waals surface area contributed by atoms with E-state index in [1.807, 2.05) is 11.8 Å². The van der Waals surface area contributed by atoms with Gasteiger partial charge in [0.15, 0.2) is 0 Å². The summed E-state index contributed by atoms with van der Waals surface area (Å²) in [6.45, 7) is 3.33. The predicted octanol–water partition coefficient (Wildman–Crippen LogP) is 5.82. The van der Waals surface area contributed by atoms with Crippen molar-refractivity contribution in [2.45, 2.75) is 127 Å². The molecule has 0 bridgehead atoms. The minimum absolute atomic E-state index is 0.0464. The van der Waals surface area contributed by atoms with E-state index in [2.05, 4.69) is 10.6 Å². The number of alkyl halides is 3. The summed E-state index contributed by atoms with van der Waals surface area (Å²) in [5.74, 6) is -0.954. The highest BCUT2D eigenvalue weighted by molar-refractivity contribution is 5.91.